The molecule has 0 aromatic heterocycles. The molecular weight excluding hydrogens is 394 g/mol. The SMILES string of the molecule is O=C(COC(=O)c1cccc2c1C(=O)c1ccccc1C2=O)NCCc1ccccc1. The molecular formula is C25H19NO5. The fourth-order valence-electron chi connectivity index (χ4n) is 3.57. The number of hydrogen-bond acceptors (Lipinski definition) is 5. The summed E-state index contributed by atoms with van der Waals surface area (Å²) in [4.78, 5) is 50.4. The van der Waals surface area contributed by atoms with Gasteiger partial charge in [0.2, 0.25) is 0 Å². The van der Waals surface area contributed by atoms with Crippen molar-refractivity contribution in [1.82, 2.24) is 5.32 Å². The molecule has 0 unspecified atom stereocenters. The molecule has 0 aliphatic heterocycles. The molecule has 3 aromatic rings. The number of esters is 1. The van der Waals surface area contributed by atoms with Crippen LogP contribution in [0.4, 0.5) is 0 Å². The maximum atomic E-state index is 13.0. The van der Waals surface area contributed by atoms with Crippen LogP contribution in [0.15, 0.2) is 72.8 Å². The second-order valence-corrected chi connectivity index (χ2v) is 7.09. The molecule has 1 aliphatic rings. The summed E-state index contributed by atoms with van der Waals surface area (Å²) < 4.78 is 5.12. The van der Waals surface area contributed by atoms with Crippen LogP contribution in [-0.2, 0) is 16.0 Å². The van der Waals surface area contributed by atoms with Crippen molar-refractivity contribution in [1.29, 1.82) is 0 Å². The monoisotopic (exact) mass is 413 g/mol. The minimum Gasteiger partial charge on any atom is -0.452 e. The summed E-state index contributed by atoms with van der Waals surface area (Å²) in [6.45, 7) is -0.0685. The zero-order valence-electron chi connectivity index (χ0n) is 16.6. The first-order valence-electron chi connectivity index (χ1n) is 9.85. The van der Waals surface area contributed by atoms with E-state index in [1.54, 1.807) is 24.3 Å². The van der Waals surface area contributed by atoms with Crippen molar-refractivity contribution in [2.75, 3.05) is 13.2 Å². The van der Waals surface area contributed by atoms with Gasteiger partial charge in [-0.05, 0) is 18.1 Å². The summed E-state index contributed by atoms with van der Waals surface area (Å²) in [5, 5.41) is 2.69. The Hall–Kier alpha value is -4.06. The van der Waals surface area contributed by atoms with Crippen LogP contribution in [0.3, 0.4) is 0 Å². The molecule has 1 amide bonds. The summed E-state index contributed by atoms with van der Waals surface area (Å²) in [5.41, 5.74) is 1.79. The van der Waals surface area contributed by atoms with Crippen molar-refractivity contribution >= 4 is 23.4 Å². The standard InChI is InChI=1S/C25H19NO5/c27-21(26-14-13-16-7-2-1-3-8-16)15-31-25(30)20-12-6-11-19-22(20)24(29)18-10-5-4-9-17(18)23(19)28/h1-12H,13-15H2,(H,26,27). The quantitative estimate of drug-likeness (QED) is 0.491. The van der Waals surface area contributed by atoms with E-state index in [1.165, 1.54) is 18.2 Å². The van der Waals surface area contributed by atoms with E-state index >= 15 is 0 Å². The lowest BCUT2D eigenvalue weighted by Gasteiger charge is -2.19. The summed E-state index contributed by atoms with van der Waals surface area (Å²) in [6, 6.07) is 20.6. The van der Waals surface area contributed by atoms with E-state index in [-0.39, 0.29) is 28.0 Å². The Labute approximate surface area is 178 Å². The Balaban J connectivity index is 1.42. The number of amides is 1. The van der Waals surface area contributed by atoms with Crippen molar-refractivity contribution in [3.05, 3.63) is 106 Å². The van der Waals surface area contributed by atoms with Gasteiger partial charge < -0.3 is 10.1 Å². The third-order valence-corrected chi connectivity index (χ3v) is 5.09. The third-order valence-electron chi connectivity index (χ3n) is 5.09. The van der Waals surface area contributed by atoms with Gasteiger partial charge in [0.05, 0.1) is 5.56 Å². The summed E-state index contributed by atoms with van der Waals surface area (Å²) in [7, 11) is 0. The van der Waals surface area contributed by atoms with E-state index < -0.39 is 24.3 Å². The molecule has 3 aromatic carbocycles. The van der Waals surface area contributed by atoms with Crippen molar-refractivity contribution < 1.29 is 23.9 Å². The fourth-order valence-corrected chi connectivity index (χ4v) is 3.57. The van der Waals surface area contributed by atoms with Crippen molar-refractivity contribution in [3.8, 4) is 0 Å². The van der Waals surface area contributed by atoms with Crippen LogP contribution in [0, 0.1) is 0 Å². The van der Waals surface area contributed by atoms with Crippen LogP contribution < -0.4 is 5.32 Å². The molecule has 0 atom stereocenters. The highest BCUT2D eigenvalue weighted by molar-refractivity contribution is 6.30. The van der Waals surface area contributed by atoms with Crippen LogP contribution in [0.1, 0.15) is 47.8 Å². The first kappa shape index (κ1) is 20.2. The van der Waals surface area contributed by atoms with E-state index in [0.717, 1.165) is 5.56 Å². The second-order valence-electron chi connectivity index (χ2n) is 7.09. The van der Waals surface area contributed by atoms with E-state index in [1.807, 2.05) is 30.3 Å². The number of nitrogens with one attached hydrogen (secondary N) is 1. The molecule has 1 aliphatic carbocycles. The molecule has 4 rings (SSSR count). The van der Waals surface area contributed by atoms with Gasteiger partial charge in [0, 0.05) is 28.8 Å². The molecule has 6 heteroatoms. The third kappa shape index (κ3) is 4.14. The maximum Gasteiger partial charge on any atom is 0.339 e. The summed E-state index contributed by atoms with van der Waals surface area (Å²) in [5.74, 6) is -2.00. The van der Waals surface area contributed by atoms with Gasteiger partial charge in [-0.25, -0.2) is 4.79 Å². The lowest BCUT2D eigenvalue weighted by Crippen LogP contribution is -2.31. The Morgan fingerprint density at radius 2 is 1.39 bits per heavy atom. The molecule has 0 radical (unpaired) electrons. The Kier molecular flexibility index (Phi) is 5.71. The molecule has 0 spiro atoms. The minimum absolute atomic E-state index is 0.0145. The van der Waals surface area contributed by atoms with Gasteiger partial charge in [-0.2, -0.15) is 0 Å². The van der Waals surface area contributed by atoms with Gasteiger partial charge in [0.1, 0.15) is 0 Å². The van der Waals surface area contributed by atoms with Gasteiger partial charge in [0.15, 0.2) is 18.2 Å². The molecule has 31 heavy (non-hydrogen) atoms. The van der Waals surface area contributed by atoms with E-state index in [2.05, 4.69) is 5.32 Å². The van der Waals surface area contributed by atoms with Crippen LogP contribution in [0.2, 0.25) is 0 Å². The molecule has 6 nitrogen and oxygen atoms in total. The normalized spacial score (nSPS) is 12.0. The van der Waals surface area contributed by atoms with Crippen LogP contribution in [-0.4, -0.2) is 36.6 Å². The van der Waals surface area contributed by atoms with Gasteiger partial charge >= 0.3 is 5.97 Å². The van der Waals surface area contributed by atoms with Crippen molar-refractivity contribution in [2.45, 2.75) is 6.42 Å². The number of carbonyl (C=O) groups excluding carboxylic acids is 4. The Morgan fingerprint density at radius 3 is 2.13 bits per heavy atom. The summed E-state index contributed by atoms with van der Waals surface area (Å²) >= 11 is 0. The maximum absolute atomic E-state index is 13.0. The molecule has 0 saturated carbocycles. The molecule has 1 N–H and O–H groups in total. The predicted octanol–water partition coefficient (Wildman–Crippen LogP) is 2.98. The topological polar surface area (TPSA) is 89.5 Å². The van der Waals surface area contributed by atoms with Crippen LogP contribution >= 0.6 is 0 Å². The van der Waals surface area contributed by atoms with Crippen molar-refractivity contribution in [2.24, 2.45) is 0 Å². The average Bonchev–Trinajstić information content (AvgIpc) is 2.81. The fraction of sp³-hybridized carbons (Fsp3) is 0.120. The highest BCUT2D eigenvalue weighted by Gasteiger charge is 2.33. The lowest BCUT2D eigenvalue weighted by atomic mass is 9.82. The predicted molar refractivity (Wildman–Crippen MR) is 113 cm³/mol. The largest absolute Gasteiger partial charge is 0.452 e. The number of rotatable bonds is 6. The number of hydrogen-bond donors (Lipinski definition) is 1. The Bertz CT molecular complexity index is 1180. The first-order valence-corrected chi connectivity index (χ1v) is 9.85. The molecule has 0 bridgehead atoms. The second kappa shape index (κ2) is 8.75. The molecule has 0 heterocycles. The molecule has 0 saturated heterocycles. The van der Waals surface area contributed by atoms with E-state index in [4.69, 9.17) is 4.74 Å². The van der Waals surface area contributed by atoms with Gasteiger partial charge in [-0.15, -0.1) is 0 Å². The molecule has 0 fully saturated rings. The van der Waals surface area contributed by atoms with Crippen LogP contribution in [0.25, 0.3) is 0 Å². The molecule has 154 valence electrons. The number of benzene rings is 3. The average molecular weight is 413 g/mol. The smallest absolute Gasteiger partial charge is 0.339 e. The summed E-state index contributed by atoms with van der Waals surface area (Å²) in [6.07, 6.45) is 0.655. The first-order chi connectivity index (χ1) is 15.1. The van der Waals surface area contributed by atoms with Gasteiger partial charge in [-0.3, -0.25) is 14.4 Å². The van der Waals surface area contributed by atoms with Gasteiger partial charge in [-0.1, -0.05) is 66.7 Å². The lowest BCUT2D eigenvalue weighted by molar-refractivity contribution is -0.124. The highest BCUT2D eigenvalue weighted by atomic mass is 16.5. The zero-order valence-corrected chi connectivity index (χ0v) is 16.6. The van der Waals surface area contributed by atoms with Gasteiger partial charge in [0.25, 0.3) is 5.91 Å². The minimum atomic E-state index is -0.824. The highest BCUT2D eigenvalue weighted by Crippen LogP contribution is 2.29. The zero-order chi connectivity index (χ0) is 21.8. The van der Waals surface area contributed by atoms with Crippen LogP contribution in [0.5, 0.6) is 0 Å². The number of ether oxygens (including phenoxy) is 1. The van der Waals surface area contributed by atoms with E-state index in [9.17, 15) is 19.2 Å². The Morgan fingerprint density at radius 1 is 0.742 bits per heavy atom. The van der Waals surface area contributed by atoms with Crippen molar-refractivity contribution in [3.63, 3.8) is 0 Å². The number of ketones is 2. The van der Waals surface area contributed by atoms with E-state index in [0.29, 0.717) is 18.5 Å². The number of carbonyl (C=O) groups is 4. The number of fused-ring (bicyclic) bond motifs is 2.